The van der Waals surface area contributed by atoms with Gasteiger partial charge in [0.15, 0.2) is 0 Å². The van der Waals surface area contributed by atoms with Crippen LogP contribution in [-0.4, -0.2) is 28.3 Å². The zero-order chi connectivity index (χ0) is 29.9. The van der Waals surface area contributed by atoms with E-state index in [0.717, 1.165) is 24.9 Å². The predicted octanol–water partition coefficient (Wildman–Crippen LogP) is 8.58. The zero-order valence-corrected chi connectivity index (χ0v) is 25.7. The molecule has 1 saturated heterocycles. The van der Waals surface area contributed by atoms with Gasteiger partial charge in [0, 0.05) is 24.4 Å². The fourth-order valence-electron chi connectivity index (χ4n) is 12.0. The molecule has 14 rings (SSSR count). The number of nitrogens with zero attached hydrogens (tertiary/aromatic N) is 1. The third-order valence-corrected chi connectivity index (χ3v) is 14.2. The maximum atomic E-state index is 12.0. The van der Waals surface area contributed by atoms with Gasteiger partial charge in [0.25, 0.3) is 0 Å². The molecule has 46 heavy (non-hydrogen) atoms. The summed E-state index contributed by atoms with van der Waals surface area (Å²) in [6.45, 7) is 0.964. The molecule has 5 heteroatoms. The average Bonchev–Trinajstić information content (AvgIpc) is 3.83. The SMILES string of the molecule is CN1CC2c3cc4c5c6c(cc7ccc8cc9c%10c%11c(cc(c%12c3c5c(c%12%11)c3c6c7c8c%103)C2C1c1ccc(P(=O)(O)O)cc1)C9)C4. The Bertz CT molecular complexity index is 3100. The van der Waals surface area contributed by atoms with Gasteiger partial charge in [-0.2, -0.15) is 0 Å². The molecule has 0 amide bonds. The van der Waals surface area contributed by atoms with Crippen molar-refractivity contribution in [1.29, 1.82) is 0 Å². The second kappa shape index (κ2) is 6.58. The van der Waals surface area contributed by atoms with E-state index in [1.165, 1.54) is 120 Å². The first kappa shape index (κ1) is 23.1. The molecule has 216 valence electrons. The Hall–Kier alpha value is -4.31. The van der Waals surface area contributed by atoms with Crippen molar-refractivity contribution in [3.8, 4) is 0 Å². The number of likely N-dealkylation sites (N-methyl/N-ethyl adjacent to an activating group) is 1. The van der Waals surface area contributed by atoms with Crippen LogP contribution < -0.4 is 5.30 Å². The van der Waals surface area contributed by atoms with Gasteiger partial charge in [-0.25, -0.2) is 0 Å². The molecule has 3 aliphatic carbocycles. The number of hydrogen-bond acceptors (Lipinski definition) is 2. The van der Waals surface area contributed by atoms with E-state index >= 15 is 0 Å². The fourth-order valence-corrected chi connectivity index (χ4v) is 12.6. The highest BCUT2D eigenvalue weighted by atomic mass is 31.2. The Kier molecular flexibility index (Phi) is 3.30. The predicted molar refractivity (Wildman–Crippen MR) is 187 cm³/mol. The molecule has 2 N–H and O–H groups in total. The van der Waals surface area contributed by atoms with Crippen LogP contribution in [0.3, 0.4) is 0 Å². The van der Waals surface area contributed by atoms with Crippen LogP contribution in [0.4, 0.5) is 0 Å². The van der Waals surface area contributed by atoms with Crippen LogP contribution in [0.5, 0.6) is 0 Å². The molecule has 4 aliphatic rings. The van der Waals surface area contributed by atoms with Gasteiger partial charge in [-0.3, -0.25) is 9.46 Å². The molecule has 1 heterocycles. The van der Waals surface area contributed by atoms with Crippen molar-refractivity contribution in [2.24, 2.45) is 0 Å². The first-order valence-electron chi connectivity index (χ1n) is 16.5. The molecule has 0 radical (unpaired) electrons. The molecule has 0 bridgehead atoms. The summed E-state index contributed by atoms with van der Waals surface area (Å²) in [4.78, 5) is 22.2. The molecule has 1 fully saturated rings. The number of rotatable bonds is 2. The van der Waals surface area contributed by atoms with Crippen molar-refractivity contribution in [3.05, 3.63) is 99.6 Å². The normalized spacial score (nSPS) is 22.2. The van der Waals surface area contributed by atoms with Gasteiger partial charge >= 0.3 is 7.60 Å². The minimum absolute atomic E-state index is 0.0886. The van der Waals surface area contributed by atoms with Crippen LogP contribution in [0.25, 0.3) is 86.2 Å². The molecule has 0 aromatic heterocycles. The van der Waals surface area contributed by atoms with Gasteiger partial charge in [0.2, 0.25) is 0 Å². The summed E-state index contributed by atoms with van der Waals surface area (Å²) in [5.41, 5.74) is 10.1. The Morgan fingerprint density at radius 1 is 0.587 bits per heavy atom. The van der Waals surface area contributed by atoms with Crippen LogP contribution >= 0.6 is 7.60 Å². The van der Waals surface area contributed by atoms with E-state index in [1.54, 1.807) is 12.1 Å². The van der Waals surface area contributed by atoms with Crippen molar-refractivity contribution in [1.82, 2.24) is 4.90 Å². The molecule has 3 atom stereocenters. The van der Waals surface area contributed by atoms with E-state index in [9.17, 15) is 14.4 Å². The molecule has 10 aromatic rings. The van der Waals surface area contributed by atoms with Crippen LogP contribution in [0.15, 0.2) is 60.7 Å². The summed E-state index contributed by atoms with van der Waals surface area (Å²) in [6.07, 6.45) is 1.99. The van der Waals surface area contributed by atoms with Crippen LogP contribution in [-0.2, 0) is 17.4 Å². The number of hydrogen-bond donors (Lipinski definition) is 2. The molecular formula is C41H24NO3P. The smallest absolute Gasteiger partial charge is 0.321 e. The van der Waals surface area contributed by atoms with Crippen molar-refractivity contribution in [2.45, 2.75) is 30.7 Å². The van der Waals surface area contributed by atoms with Gasteiger partial charge in [0.05, 0.1) is 5.30 Å². The van der Waals surface area contributed by atoms with Crippen LogP contribution in [0.1, 0.15) is 56.8 Å². The summed E-state index contributed by atoms with van der Waals surface area (Å²) in [5.74, 6) is 0.627. The van der Waals surface area contributed by atoms with Gasteiger partial charge in [-0.05, 0) is 157 Å². The van der Waals surface area contributed by atoms with Gasteiger partial charge in [-0.15, -0.1) is 0 Å². The van der Waals surface area contributed by atoms with E-state index in [-0.39, 0.29) is 17.3 Å². The molecule has 0 spiro atoms. The van der Waals surface area contributed by atoms with Crippen molar-refractivity contribution in [3.63, 3.8) is 0 Å². The minimum atomic E-state index is -4.30. The monoisotopic (exact) mass is 609 g/mol. The standard InChI is InChI=1S/C41H24NO3P/c1-42-14-25-23-12-20-10-18-8-16-2-3-17-9-19-11-21-13-24(32(25)41(42)15-4-6-22(7-5-15)46(43,44)45)34-33(23)37-30(20)28(18)35-26(16)27(17)36-29(19)31(21)38(34)40(37)39(35)36/h2-9,12-13,25,32,41H,10-11,14H2,1H3,(H2,43,44,45). The highest BCUT2D eigenvalue weighted by Gasteiger charge is 2.49. The lowest BCUT2D eigenvalue weighted by atomic mass is 9.71. The fraction of sp³-hybridized carbons (Fsp3) is 0.171. The van der Waals surface area contributed by atoms with Crippen LogP contribution in [0.2, 0.25) is 0 Å². The van der Waals surface area contributed by atoms with E-state index in [1.807, 2.05) is 12.1 Å². The lowest BCUT2D eigenvalue weighted by Gasteiger charge is -2.32. The first-order chi connectivity index (χ1) is 22.4. The summed E-state index contributed by atoms with van der Waals surface area (Å²) < 4.78 is 12.0. The number of benzene rings is 8. The Labute approximate surface area is 261 Å². The lowest BCUT2D eigenvalue weighted by molar-refractivity contribution is 0.304. The summed E-state index contributed by atoms with van der Waals surface area (Å²) in [5, 5.41) is 24.1. The highest BCUT2D eigenvalue weighted by molar-refractivity contribution is 7.60. The maximum Gasteiger partial charge on any atom is 0.356 e. The molecular weight excluding hydrogens is 585 g/mol. The summed E-state index contributed by atoms with van der Waals surface area (Å²) in [7, 11) is -2.06. The Balaban J connectivity index is 1.21. The molecule has 1 aliphatic heterocycles. The van der Waals surface area contributed by atoms with Crippen LogP contribution in [0, 0.1) is 0 Å². The zero-order valence-electron chi connectivity index (χ0n) is 24.8. The molecule has 10 aromatic carbocycles. The quantitative estimate of drug-likeness (QED) is 0.152. The third kappa shape index (κ3) is 2.09. The number of likely N-dealkylation sites (tertiary alicyclic amines) is 1. The highest BCUT2D eigenvalue weighted by Crippen LogP contribution is 2.66. The Morgan fingerprint density at radius 2 is 1.07 bits per heavy atom. The van der Waals surface area contributed by atoms with Crippen molar-refractivity contribution >= 4 is 99.1 Å². The summed E-state index contributed by atoms with van der Waals surface area (Å²) >= 11 is 0. The maximum absolute atomic E-state index is 12.0. The van der Waals surface area contributed by atoms with E-state index in [2.05, 4.69) is 48.3 Å². The van der Waals surface area contributed by atoms with E-state index < -0.39 is 7.60 Å². The topological polar surface area (TPSA) is 60.8 Å². The second-order valence-corrected chi connectivity index (χ2v) is 16.7. The minimum Gasteiger partial charge on any atom is -0.321 e. The van der Waals surface area contributed by atoms with E-state index in [4.69, 9.17) is 0 Å². The van der Waals surface area contributed by atoms with Gasteiger partial charge in [-0.1, -0.05) is 48.5 Å². The lowest BCUT2D eigenvalue weighted by Crippen LogP contribution is -2.21. The van der Waals surface area contributed by atoms with Crippen molar-refractivity contribution in [2.75, 3.05) is 13.6 Å². The Morgan fingerprint density at radius 3 is 1.63 bits per heavy atom. The largest absolute Gasteiger partial charge is 0.356 e. The van der Waals surface area contributed by atoms with Gasteiger partial charge in [0.1, 0.15) is 0 Å². The van der Waals surface area contributed by atoms with Crippen molar-refractivity contribution < 1.29 is 14.4 Å². The third-order valence-electron chi connectivity index (χ3n) is 13.3. The molecule has 4 nitrogen and oxygen atoms in total. The molecule has 3 unspecified atom stereocenters. The average molecular weight is 610 g/mol. The van der Waals surface area contributed by atoms with Gasteiger partial charge < -0.3 is 9.79 Å². The number of fused-ring (bicyclic) bond motifs is 3. The van der Waals surface area contributed by atoms with E-state index in [0.29, 0.717) is 5.92 Å². The first-order valence-corrected chi connectivity index (χ1v) is 18.1. The summed E-state index contributed by atoms with van der Waals surface area (Å²) in [6, 6.07) is 22.3. The molecule has 0 saturated carbocycles. The second-order valence-electron chi connectivity index (χ2n) is 15.1.